The molecule has 0 bridgehead atoms. The number of rotatable bonds is 1. The van der Waals surface area contributed by atoms with E-state index in [-0.39, 0.29) is 40.3 Å². The number of ketones is 3. The van der Waals surface area contributed by atoms with Crippen LogP contribution in [0.25, 0.3) is 0 Å². The van der Waals surface area contributed by atoms with Gasteiger partial charge in [0.05, 0.1) is 0 Å². The minimum atomic E-state index is -1.17. The number of fused-ring (bicyclic) bond motifs is 3. The SMILES string of the molecule is O=C(O)C1=CC(=O)c2cc3c(cc2C1)C(=O)c1ccccc1C3=O. The molecule has 2 aromatic rings. The van der Waals surface area contributed by atoms with Crippen molar-refractivity contribution in [2.45, 2.75) is 6.42 Å². The zero-order chi connectivity index (χ0) is 17.0. The number of allylic oxidation sites excluding steroid dienone is 1. The van der Waals surface area contributed by atoms with Gasteiger partial charge in [-0.15, -0.1) is 0 Å². The Bertz CT molecular complexity index is 1010. The second-order valence-corrected chi connectivity index (χ2v) is 5.77. The minimum absolute atomic E-state index is 0.0255. The van der Waals surface area contributed by atoms with Crippen LogP contribution in [0.3, 0.4) is 0 Å². The standard InChI is InChI=1S/C19H10O5/c20-16-7-10(19(23)24)5-9-6-14-15(8-13(9)16)18(22)12-4-2-1-3-11(12)17(14)21/h1-4,6-8H,5H2,(H,23,24). The van der Waals surface area contributed by atoms with Gasteiger partial charge in [0, 0.05) is 39.8 Å². The molecule has 0 saturated carbocycles. The number of hydrogen-bond acceptors (Lipinski definition) is 4. The maximum atomic E-state index is 12.7. The Hall–Kier alpha value is -3.34. The summed E-state index contributed by atoms with van der Waals surface area (Å²) in [6.45, 7) is 0. The van der Waals surface area contributed by atoms with Crippen LogP contribution in [0.4, 0.5) is 0 Å². The maximum absolute atomic E-state index is 12.7. The smallest absolute Gasteiger partial charge is 0.332 e. The highest BCUT2D eigenvalue weighted by Crippen LogP contribution is 2.32. The van der Waals surface area contributed by atoms with Crippen molar-refractivity contribution in [2.75, 3.05) is 0 Å². The van der Waals surface area contributed by atoms with Gasteiger partial charge in [-0.1, -0.05) is 24.3 Å². The quantitative estimate of drug-likeness (QED) is 0.743. The molecule has 0 atom stereocenters. The van der Waals surface area contributed by atoms with E-state index in [1.807, 2.05) is 0 Å². The van der Waals surface area contributed by atoms with Crippen molar-refractivity contribution in [3.05, 3.63) is 81.4 Å². The monoisotopic (exact) mass is 318 g/mol. The first kappa shape index (κ1) is 14.3. The molecule has 5 nitrogen and oxygen atoms in total. The van der Waals surface area contributed by atoms with Crippen molar-refractivity contribution in [3.8, 4) is 0 Å². The van der Waals surface area contributed by atoms with Crippen LogP contribution < -0.4 is 0 Å². The number of carboxylic acids is 1. The molecule has 4 rings (SSSR count). The topological polar surface area (TPSA) is 88.5 Å². The van der Waals surface area contributed by atoms with Crippen LogP contribution in [-0.2, 0) is 11.2 Å². The summed E-state index contributed by atoms with van der Waals surface area (Å²) in [4.78, 5) is 48.6. The number of carbonyl (C=O) groups excluding carboxylic acids is 3. The molecule has 24 heavy (non-hydrogen) atoms. The lowest BCUT2D eigenvalue weighted by Crippen LogP contribution is -2.24. The van der Waals surface area contributed by atoms with Gasteiger partial charge in [0.15, 0.2) is 17.3 Å². The molecule has 0 saturated heterocycles. The molecule has 0 radical (unpaired) electrons. The van der Waals surface area contributed by atoms with Crippen molar-refractivity contribution < 1.29 is 24.3 Å². The minimum Gasteiger partial charge on any atom is -0.478 e. The molecule has 0 unspecified atom stereocenters. The third-order valence-corrected chi connectivity index (χ3v) is 4.38. The van der Waals surface area contributed by atoms with Crippen LogP contribution in [0.5, 0.6) is 0 Å². The lowest BCUT2D eigenvalue weighted by atomic mass is 9.79. The molecule has 5 heteroatoms. The van der Waals surface area contributed by atoms with E-state index in [0.717, 1.165) is 6.08 Å². The number of hydrogen-bond donors (Lipinski definition) is 1. The van der Waals surface area contributed by atoms with Crippen molar-refractivity contribution in [2.24, 2.45) is 0 Å². The Labute approximate surface area is 136 Å². The summed E-state index contributed by atoms with van der Waals surface area (Å²) in [7, 11) is 0. The van der Waals surface area contributed by atoms with E-state index in [1.54, 1.807) is 24.3 Å². The second-order valence-electron chi connectivity index (χ2n) is 5.77. The predicted molar refractivity (Wildman–Crippen MR) is 83.5 cm³/mol. The lowest BCUT2D eigenvalue weighted by molar-refractivity contribution is -0.132. The zero-order valence-electron chi connectivity index (χ0n) is 12.3. The van der Waals surface area contributed by atoms with Crippen LogP contribution >= 0.6 is 0 Å². The molecule has 2 aromatic carbocycles. The van der Waals surface area contributed by atoms with Crippen molar-refractivity contribution in [1.82, 2.24) is 0 Å². The van der Waals surface area contributed by atoms with Gasteiger partial charge < -0.3 is 5.11 Å². The summed E-state index contributed by atoms with van der Waals surface area (Å²) in [5, 5.41) is 9.10. The lowest BCUT2D eigenvalue weighted by Gasteiger charge is -2.21. The molecule has 2 aliphatic carbocycles. The third kappa shape index (κ3) is 1.88. The van der Waals surface area contributed by atoms with Crippen LogP contribution in [0.15, 0.2) is 48.0 Å². The first-order chi connectivity index (χ1) is 11.5. The van der Waals surface area contributed by atoms with Gasteiger partial charge in [0.25, 0.3) is 0 Å². The van der Waals surface area contributed by atoms with E-state index in [0.29, 0.717) is 16.7 Å². The molecule has 0 aliphatic heterocycles. The van der Waals surface area contributed by atoms with E-state index < -0.39 is 11.8 Å². The van der Waals surface area contributed by atoms with Crippen molar-refractivity contribution in [3.63, 3.8) is 0 Å². The van der Waals surface area contributed by atoms with E-state index in [1.165, 1.54) is 12.1 Å². The average Bonchev–Trinajstić information content (AvgIpc) is 2.58. The van der Waals surface area contributed by atoms with E-state index in [4.69, 9.17) is 5.11 Å². The molecular weight excluding hydrogens is 308 g/mol. The molecule has 0 spiro atoms. The van der Waals surface area contributed by atoms with Gasteiger partial charge >= 0.3 is 5.97 Å². The van der Waals surface area contributed by atoms with Crippen molar-refractivity contribution >= 4 is 23.3 Å². The molecule has 0 fully saturated rings. The summed E-state index contributed by atoms with van der Waals surface area (Å²) in [6, 6.07) is 9.43. The van der Waals surface area contributed by atoms with Crippen LogP contribution in [0.1, 0.15) is 47.8 Å². The summed E-state index contributed by atoms with van der Waals surface area (Å²) in [5.41, 5.74) is 1.77. The number of carbonyl (C=O) groups is 4. The molecule has 0 heterocycles. The summed E-state index contributed by atoms with van der Waals surface area (Å²) in [6.07, 6.45) is 1.12. The van der Waals surface area contributed by atoms with Gasteiger partial charge in [-0.2, -0.15) is 0 Å². The summed E-state index contributed by atoms with van der Waals surface area (Å²) >= 11 is 0. The number of aliphatic carboxylic acids is 1. The van der Waals surface area contributed by atoms with Gasteiger partial charge in [-0.3, -0.25) is 14.4 Å². The van der Waals surface area contributed by atoms with Gasteiger partial charge in [-0.05, 0) is 23.8 Å². The Balaban J connectivity index is 1.92. The highest BCUT2D eigenvalue weighted by molar-refractivity contribution is 6.29. The Morgan fingerprint density at radius 2 is 1.42 bits per heavy atom. The molecular formula is C19H10O5. The van der Waals surface area contributed by atoms with E-state index >= 15 is 0 Å². The first-order valence-corrected chi connectivity index (χ1v) is 7.31. The zero-order valence-corrected chi connectivity index (χ0v) is 12.3. The molecule has 0 aromatic heterocycles. The van der Waals surface area contributed by atoms with Gasteiger partial charge in [-0.25, -0.2) is 4.79 Å². The molecule has 2 aliphatic rings. The van der Waals surface area contributed by atoms with Crippen LogP contribution in [0.2, 0.25) is 0 Å². The number of benzene rings is 2. The highest BCUT2D eigenvalue weighted by Gasteiger charge is 2.32. The number of carboxylic acid groups (broad SMARTS) is 1. The second kappa shape index (κ2) is 4.83. The van der Waals surface area contributed by atoms with E-state index in [2.05, 4.69) is 0 Å². The molecule has 116 valence electrons. The fourth-order valence-electron chi connectivity index (χ4n) is 3.19. The maximum Gasteiger partial charge on any atom is 0.332 e. The largest absolute Gasteiger partial charge is 0.478 e. The van der Waals surface area contributed by atoms with Gasteiger partial charge in [0.2, 0.25) is 0 Å². The summed E-state index contributed by atoms with van der Waals surface area (Å²) in [5.74, 6) is -2.22. The Morgan fingerprint density at radius 1 is 0.833 bits per heavy atom. The fourth-order valence-corrected chi connectivity index (χ4v) is 3.19. The van der Waals surface area contributed by atoms with E-state index in [9.17, 15) is 19.2 Å². The van der Waals surface area contributed by atoms with Crippen LogP contribution in [0, 0.1) is 0 Å². The average molecular weight is 318 g/mol. The molecule has 0 amide bonds. The first-order valence-electron chi connectivity index (χ1n) is 7.31. The van der Waals surface area contributed by atoms with Crippen LogP contribution in [-0.4, -0.2) is 28.4 Å². The third-order valence-electron chi connectivity index (χ3n) is 4.38. The predicted octanol–water partition coefficient (Wildman–Crippen LogP) is 2.21. The Kier molecular flexibility index (Phi) is 2.87. The normalized spacial score (nSPS) is 15.3. The fraction of sp³-hybridized carbons (Fsp3) is 0.0526. The molecule has 1 N–H and O–H groups in total. The van der Waals surface area contributed by atoms with Gasteiger partial charge in [0.1, 0.15) is 0 Å². The summed E-state index contributed by atoms with van der Waals surface area (Å²) < 4.78 is 0. The highest BCUT2D eigenvalue weighted by atomic mass is 16.4. The van der Waals surface area contributed by atoms with Crippen molar-refractivity contribution in [1.29, 1.82) is 0 Å². The Morgan fingerprint density at radius 3 is 2.00 bits per heavy atom.